The van der Waals surface area contributed by atoms with Crippen molar-refractivity contribution >= 4 is 16.9 Å². The lowest BCUT2D eigenvalue weighted by molar-refractivity contribution is -0.141. The van der Waals surface area contributed by atoms with Gasteiger partial charge in [-0.15, -0.1) is 0 Å². The summed E-state index contributed by atoms with van der Waals surface area (Å²) in [5, 5.41) is 9.55. The molecule has 0 bridgehead atoms. The van der Waals surface area contributed by atoms with E-state index >= 15 is 0 Å². The van der Waals surface area contributed by atoms with Gasteiger partial charge in [0, 0.05) is 17.5 Å². The highest BCUT2D eigenvalue weighted by Crippen LogP contribution is 2.23. The molecule has 0 amide bonds. The van der Waals surface area contributed by atoms with Gasteiger partial charge in [0.1, 0.15) is 17.1 Å². The number of benzene rings is 2. The molecule has 26 heavy (non-hydrogen) atoms. The zero-order valence-corrected chi connectivity index (χ0v) is 14.2. The van der Waals surface area contributed by atoms with Crippen LogP contribution in [0.25, 0.3) is 11.0 Å². The minimum atomic E-state index is -0.858. The molecular formula is C20H15NO5. The van der Waals surface area contributed by atoms with Crippen LogP contribution in [0.15, 0.2) is 57.7 Å². The summed E-state index contributed by atoms with van der Waals surface area (Å²) >= 11 is 0. The van der Waals surface area contributed by atoms with Gasteiger partial charge in [-0.05, 0) is 55.8 Å². The maximum atomic E-state index is 12.2. The Balaban J connectivity index is 1.73. The molecule has 0 aliphatic carbocycles. The normalized spacial score (nSPS) is 11.6. The van der Waals surface area contributed by atoms with E-state index in [-0.39, 0.29) is 5.75 Å². The number of esters is 1. The largest absolute Gasteiger partial charge is 0.479 e. The second kappa shape index (κ2) is 7.11. The molecule has 1 atom stereocenters. The van der Waals surface area contributed by atoms with E-state index in [9.17, 15) is 9.59 Å². The Kier molecular flexibility index (Phi) is 4.72. The quantitative estimate of drug-likeness (QED) is 0.408. The van der Waals surface area contributed by atoms with E-state index in [1.54, 1.807) is 50.2 Å². The lowest BCUT2D eigenvalue weighted by Gasteiger charge is -2.14. The molecule has 6 heteroatoms. The molecule has 3 rings (SSSR count). The molecule has 2 aromatic carbocycles. The van der Waals surface area contributed by atoms with Gasteiger partial charge >= 0.3 is 11.6 Å². The molecule has 130 valence electrons. The van der Waals surface area contributed by atoms with Crippen LogP contribution in [-0.4, -0.2) is 12.1 Å². The number of nitriles is 1. The molecule has 1 unspecified atom stereocenters. The molecule has 3 aromatic rings. The number of hydrogen-bond donors (Lipinski definition) is 0. The first-order valence-electron chi connectivity index (χ1n) is 7.89. The Morgan fingerprint density at radius 2 is 1.81 bits per heavy atom. The third-order valence-corrected chi connectivity index (χ3v) is 3.77. The zero-order chi connectivity index (χ0) is 18.7. The fraction of sp³-hybridized carbons (Fsp3) is 0.150. The molecule has 0 radical (unpaired) electrons. The Hall–Kier alpha value is -3.59. The van der Waals surface area contributed by atoms with Gasteiger partial charge in [0.25, 0.3) is 0 Å². The van der Waals surface area contributed by atoms with Crippen molar-refractivity contribution in [2.75, 3.05) is 0 Å². The molecular weight excluding hydrogens is 334 g/mol. The van der Waals surface area contributed by atoms with Crippen LogP contribution in [0.4, 0.5) is 0 Å². The maximum Gasteiger partial charge on any atom is 0.352 e. The number of hydrogen-bond acceptors (Lipinski definition) is 6. The average molecular weight is 349 g/mol. The molecule has 6 nitrogen and oxygen atoms in total. The number of ether oxygens (including phenoxy) is 2. The second-order valence-corrected chi connectivity index (χ2v) is 5.72. The Labute approximate surface area is 149 Å². The van der Waals surface area contributed by atoms with Crippen LogP contribution in [0.1, 0.15) is 18.1 Å². The van der Waals surface area contributed by atoms with Gasteiger partial charge in [-0.3, -0.25) is 0 Å². The van der Waals surface area contributed by atoms with Gasteiger partial charge in [0.05, 0.1) is 11.6 Å². The molecule has 1 aromatic heterocycles. The van der Waals surface area contributed by atoms with E-state index < -0.39 is 17.7 Å². The van der Waals surface area contributed by atoms with E-state index in [2.05, 4.69) is 0 Å². The van der Waals surface area contributed by atoms with Crippen LogP contribution in [0.5, 0.6) is 11.5 Å². The number of fused-ring (bicyclic) bond motifs is 1. The first-order chi connectivity index (χ1) is 12.5. The van der Waals surface area contributed by atoms with E-state index in [0.29, 0.717) is 16.9 Å². The summed E-state index contributed by atoms with van der Waals surface area (Å²) in [7, 11) is 0. The van der Waals surface area contributed by atoms with Crippen molar-refractivity contribution in [3.8, 4) is 17.6 Å². The molecule has 0 saturated carbocycles. The Morgan fingerprint density at radius 1 is 1.12 bits per heavy atom. The number of rotatable bonds is 4. The summed E-state index contributed by atoms with van der Waals surface area (Å²) in [6.45, 7) is 3.37. The summed E-state index contributed by atoms with van der Waals surface area (Å²) in [5.74, 6) is 0.115. The summed E-state index contributed by atoms with van der Waals surface area (Å²) in [4.78, 5) is 23.7. The predicted molar refractivity (Wildman–Crippen MR) is 94.1 cm³/mol. The third-order valence-electron chi connectivity index (χ3n) is 3.77. The third kappa shape index (κ3) is 3.73. The van der Waals surface area contributed by atoms with E-state index in [1.165, 1.54) is 12.1 Å². The van der Waals surface area contributed by atoms with E-state index in [0.717, 1.165) is 10.9 Å². The van der Waals surface area contributed by atoms with Crippen LogP contribution in [0, 0.1) is 18.3 Å². The summed E-state index contributed by atoms with van der Waals surface area (Å²) in [6.07, 6.45) is -0.858. The summed E-state index contributed by atoms with van der Waals surface area (Å²) in [5.41, 5.74) is 1.17. The molecule has 1 heterocycles. The number of nitrogens with zero attached hydrogens (tertiary/aromatic N) is 1. The van der Waals surface area contributed by atoms with Crippen molar-refractivity contribution in [2.24, 2.45) is 0 Å². The molecule has 0 aliphatic rings. The summed E-state index contributed by atoms with van der Waals surface area (Å²) < 4.78 is 16.0. The van der Waals surface area contributed by atoms with Crippen molar-refractivity contribution in [1.82, 2.24) is 0 Å². The lowest BCUT2D eigenvalue weighted by atomic mass is 10.1. The minimum Gasteiger partial charge on any atom is -0.479 e. The van der Waals surface area contributed by atoms with Crippen molar-refractivity contribution in [3.05, 3.63) is 70.1 Å². The van der Waals surface area contributed by atoms with Crippen LogP contribution in [0.3, 0.4) is 0 Å². The molecule has 0 aliphatic heterocycles. The second-order valence-electron chi connectivity index (χ2n) is 5.72. The van der Waals surface area contributed by atoms with Crippen molar-refractivity contribution in [1.29, 1.82) is 5.26 Å². The first-order valence-corrected chi connectivity index (χ1v) is 7.89. The van der Waals surface area contributed by atoms with Gasteiger partial charge < -0.3 is 13.9 Å². The number of carbonyl (C=O) groups excluding carboxylic acids is 1. The highest BCUT2D eigenvalue weighted by atomic mass is 16.6. The van der Waals surface area contributed by atoms with Gasteiger partial charge in [-0.25, -0.2) is 9.59 Å². The highest BCUT2D eigenvalue weighted by molar-refractivity contribution is 5.83. The predicted octanol–water partition coefficient (Wildman–Crippen LogP) is 3.35. The minimum absolute atomic E-state index is 0.256. The highest BCUT2D eigenvalue weighted by Gasteiger charge is 2.18. The van der Waals surface area contributed by atoms with Gasteiger partial charge in [-0.2, -0.15) is 5.26 Å². The monoisotopic (exact) mass is 349 g/mol. The molecule has 0 N–H and O–H groups in total. The van der Waals surface area contributed by atoms with Crippen LogP contribution >= 0.6 is 0 Å². The van der Waals surface area contributed by atoms with E-state index in [1.807, 2.05) is 6.07 Å². The Morgan fingerprint density at radius 3 is 2.50 bits per heavy atom. The Bertz CT molecular complexity index is 1060. The van der Waals surface area contributed by atoms with Crippen molar-refractivity contribution in [3.63, 3.8) is 0 Å². The maximum absolute atomic E-state index is 12.2. The lowest BCUT2D eigenvalue weighted by Crippen LogP contribution is -2.28. The molecule has 0 spiro atoms. The van der Waals surface area contributed by atoms with Crippen molar-refractivity contribution in [2.45, 2.75) is 20.0 Å². The zero-order valence-electron chi connectivity index (χ0n) is 14.2. The average Bonchev–Trinajstić information content (AvgIpc) is 2.61. The van der Waals surface area contributed by atoms with Gasteiger partial charge in [-0.1, -0.05) is 0 Å². The number of aryl methyl sites for hydroxylation is 1. The first kappa shape index (κ1) is 17.2. The summed E-state index contributed by atoms with van der Waals surface area (Å²) in [6, 6.07) is 14.7. The van der Waals surface area contributed by atoms with Crippen LogP contribution in [-0.2, 0) is 4.79 Å². The fourth-order valence-corrected chi connectivity index (χ4v) is 2.43. The van der Waals surface area contributed by atoms with Crippen molar-refractivity contribution < 1.29 is 18.7 Å². The molecule has 0 fully saturated rings. The smallest absolute Gasteiger partial charge is 0.352 e. The standard InChI is InChI=1S/C20H15NO5/c1-12-9-19(22)26-18-10-16(7-8-17(12)18)25-20(23)13(2)24-15-5-3-14(11-21)4-6-15/h3-10,13H,1-2H3. The SMILES string of the molecule is Cc1cc(=O)oc2cc(OC(=O)C(C)Oc3ccc(C#N)cc3)ccc12. The van der Waals surface area contributed by atoms with Crippen LogP contribution < -0.4 is 15.1 Å². The van der Waals surface area contributed by atoms with E-state index in [4.69, 9.17) is 19.2 Å². The topological polar surface area (TPSA) is 89.5 Å². The van der Waals surface area contributed by atoms with Crippen LogP contribution in [0.2, 0.25) is 0 Å². The van der Waals surface area contributed by atoms with Gasteiger partial charge in [0.2, 0.25) is 0 Å². The fourth-order valence-electron chi connectivity index (χ4n) is 2.43. The number of carbonyl (C=O) groups is 1. The molecule has 0 saturated heterocycles. The van der Waals surface area contributed by atoms with Gasteiger partial charge in [0.15, 0.2) is 6.10 Å².